The van der Waals surface area contributed by atoms with Crippen LogP contribution >= 0.6 is 22.9 Å². The molecule has 10 heteroatoms. The number of anilines is 2. The van der Waals surface area contributed by atoms with Crippen LogP contribution in [0.4, 0.5) is 24.1 Å². The van der Waals surface area contributed by atoms with Crippen molar-refractivity contribution < 1.29 is 13.2 Å². The first-order valence-corrected chi connectivity index (χ1v) is 8.42. The van der Waals surface area contributed by atoms with Crippen LogP contribution in [0.15, 0.2) is 18.5 Å². The Morgan fingerprint density at radius 3 is 2.42 bits per heavy atom. The minimum absolute atomic E-state index is 0.0218. The van der Waals surface area contributed by atoms with Gasteiger partial charge in [0.25, 0.3) is 0 Å². The summed E-state index contributed by atoms with van der Waals surface area (Å²) in [5.74, 6) is 0.395. The summed E-state index contributed by atoms with van der Waals surface area (Å²) >= 11 is 7.46. The number of thiazole rings is 1. The molecule has 2 N–H and O–H groups in total. The number of hydrogen-bond donors (Lipinski definition) is 1. The van der Waals surface area contributed by atoms with Crippen LogP contribution < -0.4 is 10.6 Å². The number of aromatic nitrogens is 2. The Morgan fingerprint density at radius 1 is 1.17 bits per heavy atom. The summed E-state index contributed by atoms with van der Waals surface area (Å²) in [5, 5.41) is 0.567. The molecular formula is C14H15ClF3N5S. The van der Waals surface area contributed by atoms with E-state index in [1.165, 1.54) is 11.3 Å². The van der Waals surface area contributed by atoms with E-state index in [2.05, 4.69) is 14.9 Å². The molecule has 130 valence electrons. The van der Waals surface area contributed by atoms with Crippen LogP contribution in [0.3, 0.4) is 0 Å². The third-order valence-electron chi connectivity index (χ3n) is 3.77. The average Bonchev–Trinajstić information content (AvgIpc) is 2.92. The molecule has 1 fully saturated rings. The highest BCUT2D eigenvalue weighted by atomic mass is 35.5. The lowest BCUT2D eigenvalue weighted by molar-refractivity contribution is -0.137. The highest BCUT2D eigenvalue weighted by Crippen LogP contribution is 2.33. The topological polar surface area (TPSA) is 58.3 Å². The fourth-order valence-electron chi connectivity index (χ4n) is 2.55. The minimum atomic E-state index is -4.44. The Hall–Kier alpha value is -1.58. The summed E-state index contributed by atoms with van der Waals surface area (Å²) in [6.45, 7) is 3.57. The van der Waals surface area contributed by atoms with Gasteiger partial charge >= 0.3 is 6.18 Å². The maximum Gasteiger partial charge on any atom is 0.417 e. The highest BCUT2D eigenvalue weighted by Gasteiger charge is 2.32. The number of nitrogens with zero attached hydrogens (tertiary/aromatic N) is 4. The van der Waals surface area contributed by atoms with Gasteiger partial charge in [0, 0.05) is 50.0 Å². The molecule has 24 heavy (non-hydrogen) atoms. The van der Waals surface area contributed by atoms with Gasteiger partial charge in [-0.25, -0.2) is 9.97 Å². The van der Waals surface area contributed by atoms with Crippen LogP contribution in [-0.2, 0) is 12.7 Å². The lowest BCUT2D eigenvalue weighted by Gasteiger charge is -2.35. The molecule has 2 aromatic rings. The van der Waals surface area contributed by atoms with Gasteiger partial charge in [-0.1, -0.05) is 11.6 Å². The smallest absolute Gasteiger partial charge is 0.375 e. The van der Waals surface area contributed by atoms with Gasteiger partial charge in [-0.3, -0.25) is 4.90 Å². The molecule has 0 saturated carbocycles. The first-order valence-electron chi connectivity index (χ1n) is 7.23. The molecule has 3 rings (SSSR count). The van der Waals surface area contributed by atoms with E-state index in [1.54, 1.807) is 6.20 Å². The molecule has 2 aromatic heterocycles. The van der Waals surface area contributed by atoms with Gasteiger partial charge < -0.3 is 10.6 Å². The van der Waals surface area contributed by atoms with E-state index in [9.17, 15) is 13.2 Å². The van der Waals surface area contributed by atoms with Gasteiger partial charge in [-0.15, -0.1) is 11.3 Å². The summed E-state index contributed by atoms with van der Waals surface area (Å²) in [6.07, 6.45) is -1.85. The van der Waals surface area contributed by atoms with Crippen molar-refractivity contribution in [3.05, 3.63) is 33.9 Å². The second kappa shape index (κ2) is 6.73. The highest BCUT2D eigenvalue weighted by molar-refractivity contribution is 7.15. The zero-order chi connectivity index (χ0) is 17.3. The van der Waals surface area contributed by atoms with Crippen LogP contribution in [0.2, 0.25) is 5.02 Å². The Bertz CT molecular complexity index is 713. The second-order valence-corrected chi connectivity index (χ2v) is 7.01. The van der Waals surface area contributed by atoms with E-state index in [-0.39, 0.29) is 5.02 Å². The second-order valence-electron chi connectivity index (χ2n) is 5.46. The molecule has 3 heterocycles. The Balaban J connectivity index is 1.62. The van der Waals surface area contributed by atoms with Crippen molar-refractivity contribution in [2.24, 2.45) is 0 Å². The molecule has 1 aliphatic rings. The molecule has 0 aromatic carbocycles. The van der Waals surface area contributed by atoms with Gasteiger partial charge in [-0.05, 0) is 6.07 Å². The van der Waals surface area contributed by atoms with Gasteiger partial charge in [0.05, 0.1) is 10.6 Å². The average molecular weight is 378 g/mol. The molecule has 0 radical (unpaired) electrons. The summed E-state index contributed by atoms with van der Waals surface area (Å²) in [7, 11) is 0. The van der Waals surface area contributed by atoms with Crippen molar-refractivity contribution in [3.63, 3.8) is 0 Å². The lowest BCUT2D eigenvalue weighted by atomic mass is 10.2. The van der Waals surface area contributed by atoms with E-state index in [0.29, 0.717) is 24.0 Å². The molecule has 0 atom stereocenters. The molecular weight excluding hydrogens is 363 g/mol. The number of piperazine rings is 1. The third kappa shape index (κ3) is 3.90. The molecule has 0 unspecified atom stereocenters. The maximum atomic E-state index is 12.7. The summed E-state index contributed by atoms with van der Waals surface area (Å²) in [5.41, 5.74) is 4.78. The largest absolute Gasteiger partial charge is 0.417 e. The van der Waals surface area contributed by atoms with E-state index >= 15 is 0 Å². The summed E-state index contributed by atoms with van der Waals surface area (Å²) in [4.78, 5) is 13.2. The number of nitrogens with two attached hydrogens (primary N) is 1. The van der Waals surface area contributed by atoms with Crippen LogP contribution in [0.1, 0.15) is 10.4 Å². The van der Waals surface area contributed by atoms with Gasteiger partial charge in [0.1, 0.15) is 5.82 Å². The third-order valence-corrected chi connectivity index (χ3v) is 4.86. The van der Waals surface area contributed by atoms with Gasteiger partial charge in [0.15, 0.2) is 5.13 Å². The number of alkyl halides is 3. The zero-order valence-electron chi connectivity index (χ0n) is 12.6. The molecule has 0 spiro atoms. The SMILES string of the molecule is Nc1ncc(CN2CCN(c3ncc(C(F)(F)F)cc3Cl)CC2)s1. The van der Waals surface area contributed by atoms with Crippen molar-refractivity contribution in [1.29, 1.82) is 0 Å². The lowest BCUT2D eigenvalue weighted by Crippen LogP contribution is -2.46. The standard InChI is InChI=1S/C14H15ClF3N5S/c15-11-5-9(14(16,17)18)6-20-12(11)23-3-1-22(2-4-23)8-10-7-21-13(19)24-10/h5-7H,1-4,8H2,(H2,19,21). The molecule has 1 saturated heterocycles. The van der Waals surface area contributed by atoms with Crippen molar-refractivity contribution in [3.8, 4) is 0 Å². The van der Waals surface area contributed by atoms with E-state index in [0.717, 1.165) is 36.8 Å². The Labute approximate surface area is 145 Å². The fourth-order valence-corrected chi connectivity index (χ4v) is 3.56. The Kier molecular flexibility index (Phi) is 4.84. The van der Waals surface area contributed by atoms with Crippen molar-refractivity contribution >= 4 is 33.9 Å². The summed E-state index contributed by atoms with van der Waals surface area (Å²) in [6, 6.07) is 0.927. The quantitative estimate of drug-likeness (QED) is 0.890. The zero-order valence-corrected chi connectivity index (χ0v) is 14.1. The monoisotopic (exact) mass is 377 g/mol. The van der Waals surface area contributed by atoms with Crippen LogP contribution in [0, 0.1) is 0 Å². The van der Waals surface area contributed by atoms with E-state index in [1.807, 2.05) is 4.90 Å². The van der Waals surface area contributed by atoms with Gasteiger partial charge in [0.2, 0.25) is 0 Å². The number of pyridine rings is 1. The number of nitrogen functional groups attached to an aromatic ring is 1. The van der Waals surface area contributed by atoms with Crippen molar-refractivity contribution in [2.45, 2.75) is 12.7 Å². The normalized spacial score (nSPS) is 16.6. The van der Waals surface area contributed by atoms with E-state index < -0.39 is 11.7 Å². The number of halogens is 4. The van der Waals surface area contributed by atoms with E-state index in [4.69, 9.17) is 17.3 Å². The predicted molar refractivity (Wildman–Crippen MR) is 88.3 cm³/mol. The fraction of sp³-hybridized carbons (Fsp3) is 0.429. The Morgan fingerprint density at radius 2 is 1.88 bits per heavy atom. The van der Waals surface area contributed by atoms with Crippen LogP contribution in [0.5, 0.6) is 0 Å². The first-order chi connectivity index (χ1) is 11.3. The maximum absolute atomic E-state index is 12.7. The molecule has 0 bridgehead atoms. The molecule has 1 aliphatic heterocycles. The minimum Gasteiger partial charge on any atom is -0.375 e. The number of hydrogen-bond acceptors (Lipinski definition) is 6. The number of rotatable bonds is 3. The van der Waals surface area contributed by atoms with Crippen molar-refractivity contribution in [2.75, 3.05) is 36.8 Å². The predicted octanol–water partition coefficient (Wildman–Crippen LogP) is 3.11. The summed E-state index contributed by atoms with van der Waals surface area (Å²) < 4.78 is 38.0. The first kappa shape index (κ1) is 17.2. The molecule has 0 aliphatic carbocycles. The van der Waals surface area contributed by atoms with Gasteiger partial charge in [-0.2, -0.15) is 13.2 Å². The van der Waals surface area contributed by atoms with Crippen LogP contribution in [0.25, 0.3) is 0 Å². The van der Waals surface area contributed by atoms with Crippen LogP contribution in [-0.4, -0.2) is 41.0 Å². The molecule has 0 amide bonds. The van der Waals surface area contributed by atoms with Crippen molar-refractivity contribution in [1.82, 2.24) is 14.9 Å². The molecule has 5 nitrogen and oxygen atoms in total.